The Bertz CT molecular complexity index is 1070. The second kappa shape index (κ2) is 7.63. The Morgan fingerprint density at radius 3 is 2.20 bits per heavy atom. The van der Waals surface area contributed by atoms with Crippen molar-refractivity contribution in [1.29, 1.82) is 0 Å². The van der Waals surface area contributed by atoms with Crippen molar-refractivity contribution >= 4 is 5.91 Å². The third kappa shape index (κ3) is 4.10. The van der Waals surface area contributed by atoms with Crippen molar-refractivity contribution in [2.45, 2.75) is 45.8 Å². The fourth-order valence-electron chi connectivity index (χ4n) is 3.66. The lowest BCUT2D eigenvalue weighted by Crippen LogP contribution is -2.23. The van der Waals surface area contributed by atoms with Gasteiger partial charge in [0.1, 0.15) is 0 Å². The van der Waals surface area contributed by atoms with Crippen LogP contribution in [0.1, 0.15) is 49.2 Å². The molecule has 0 spiro atoms. The second-order valence-corrected chi connectivity index (χ2v) is 8.20. The van der Waals surface area contributed by atoms with Gasteiger partial charge in [-0.15, -0.1) is 0 Å². The van der Waals surface area contributed by atoms with Gasteiger partial charge in [0.15, 0.2) is 0 Å². The third-order valence-corrected chi connectivity index (χ3v) is 5.03. The number of hydrogen-bond acceptors (Lipinski definition) is 2. The largest absolute Gasteiger partial charge is 0.416 e. The van der Waals surface area contributed by atoms with E-state index in [0.29, 0.717) is 23.2 Å². The number of carbonyl (C=O) groups is 1. The topological polar surface area (TPSA) is 60.9 Å². The van der Waals surface area contributed by atoms with Crippen LogP contribution in [0, 0.1) is 0 Å². The molecule has 0 fully saturated rings. The molecule has 1 heterocycles. The highest BCUT2D eigenvalue weighted by atomic mass is 19.4. The van der Waals surface area contributed by atoms with E-state index in [0.717, 1.165) is 29.0 Å². The van der Waals surface area contributed by atoms with Crippen LogP contribution in [0.3, 0.4) is 0 Å². The molecule has 0 aliphatic heterocycles. The Balaban J connectivity index is 2.30. The molecule has 1 aromatic heterocycles. The zero-order valence-electron chi connectivity index (χ0n) is 17.3. The van der Waals surface area contributed by atoms with E-state index in [1.807, 2.05) is 38.3 Å². The van der Waals surface area contributed by atoms with Crippen molar-refractivity contribution in [1.82, 2.24) is 9.55 Å². The quantitative estimate of drug-likeness (QED) is 0.598. The summed E-state index contributed by atoms with van der Waals surface area (Å²) in [6.07, 6.45) is -0.988. The lowest BCUT2D eigenvalue weighted by molar-refractivity contribution is -0.137. The van der Waals surface area contributed by atoms with Crippen LogP contribution in [0.15, 0.2) is 48.9 Å². The van der Waals surface area contributed by atoms with E-state index in [4.69, 9.17) is 5.73 Å². The molecule has 0 aliphatic rings. The molecule has 0 atom stereocenters. The van der Waals surface area contributed by atoms with Gasteiger partial charge in [0.25, 0.3) is 0 Å². The molecule has 0 aliphatic carbocycles. The number of alkyl halides is 3. The van der Waals surface area contributed by atoms with Gasteiger partial charge in [-0.3, -0.25) is 4.79 Å². The summed E-state index contributed by atoms with van der Waals surface area (Å²) in [4.78, 5) is 16.6. The van der Waals surface area contributed by atoms with Gasteiger partial charge >= 0.3 is 6.18 Å². The van der Waals surface area contributed by atoms with Crippen LogP contribution >= 0.6 is 0 Å². The number of nitrogens with zero attached hydrogens (tertiary/aromatic N) is 2. The third-order valence-electron chi connectivity index (χ3n) is 5.03. The molecular formula is C23H24F3N3O. The Labute approximate surface area is 173 Å². The molecule has 0 radical (unpaired) electrons. The van der Waals surface area contributed by atoms with E-state index >= 15 is 0 Å². The lowest BCUT2D eigenvalue weighted by Gasteiger charge is -2.27. The van der Waals surface area contributed by atoms with Crippen molar-refractivity contribution in [2.24, 2.45) is 5.73 Å². The first kappa shape index (κ1) is 21.6. The van der Waals surface area contributed by atoms with Crippen molar-refractivity contribution in [3.8, 4) is 22.4 Å². The van der Waals surface area contributed by atoms with E-state index in [1.165, 1.54) is 12.1 Å². The van der Waals surface area contributed by atoms with Crippen LogP contribution < -0.4 is 5.73 Å². The number of halogens is 3. The number of nitrogens with two attached hydrogens (primary N) is 1. The number of amides is 1. The molecule has 0 bridgehead atoms. The highest BCUT2D eigenvalue weighted by molar-refractivity contribution is 5.98. The van der Waals surface area contributed by atoms with E-state index in [-0.39, 0.29) is 0 Å². The molecule has 1 amide bonds. The first-order valence-corrected chi connectivity index (χ1v) is 9.60. The molecule has 3 aromatic rings. The highest BCUT2D eigenvalue weighted by Crippen LogP contribution is 2.39. The standard InChI is InChI=1S/C23H24F3N3O/c1-5-29-13-28-12-19(29)17-10-15(11-18(21(27)30)20(17)22(2,3)4)14-6-8-16(9-7-14)23(24,25)26/h6-13H,5H2,1-4H3,(H2,27,30). The molecule has 7 heteroatoms. The fourth-order valence-corrected chi connectivity index (χ4v) is 3.66. The maximum Gasteiger partial charge on any atom is 0.416 e. The average Bonchev–Trinajstić information content (AvgIpc) is 3.14. The summed E-state index contributed by atoms with van der Waals surface area (Å²) < 4.78 is 40.8. The maximum absolute atomic E-state index is 12.9. The van der Waals surface area contributed by atoms with Crippen LogP contribution in [0.4, 0.5) is 13.2 Å². The Morgan fingerprint density at radius 1 is 1.07 bits per heavy atom. The lowest BCUT2D eigenvalue weighted by atomic mass is 9.78. The molecule has 2 aromatic carbocycles. The molecule has 0 saturated carbocycles. The molecule has 4 nitrogen and oxygen atoms in total. The van der Waals surface area contributed by atoms with Gasteiger partial charge in [-0.1, -0.05) is 32.9 Å². The molecule has 2 N–H and O–H groups in total. The summed E-state index contributed by atoms with van der Waals surface area (Å²) in [7, 11) is 0. The summed E-state index contributed by atoms with van der Waals surface area (Å²) in [6, 6.07) is 8.42. The molecular weight excluding hydrogens is 391 g/mol. The highest BCUT2D eigenvalue weighted by Gasteiger charge is 2.30. The molecule has 0 unspecified atom stereocenters. The summed E-state index contributed by atoms with van der Waals surface area (Å²) in [5.74, 6) is -0.586. The monoisotopic (exact) mass is 415 g/mol. The van der Waals surface area contributed by atoms with E-state index in [2.05, 4.69) is 4.98 Å². The van der Waals surface area contributed by atoms with Gasteiger partial charge in [0, 0.05) is 17.7 Å². The van der Waals surface area contributed by atoms with Crippen molar-refractivity contribution in [3.63, 3.8) is 0 Å². The zero-order valence-corrected chi connectivity index (χ0v) is 17.3. The zero-order chi connectivity index (χ0) is 22.3. The number of benzene rings is 2. The first-order valence-electron chi connectivity index (χ1n) is 9.60. The van der Waals surface area contributed by atoms with Gasteiger partial charge in [0.2, 0.25) is 5.91 Å². The molecule has 30 heavy (non-hydrogen) atoms. The van der Waals surface area contributed by atoms with Gasteiger partial charge in [-0.05, 0) is 53.3 Å². The van der Waals surface area contributed by atoms with Gasteiger partial charge in [0.05, 0.1) is 23.8 Å². The molecule has 0 saturated heterocycles. The predicted molar refractivity (Wildman–Crippen MR) is 111 cm³/mol. The van der Waals surface area contributed by atoms with Crippen molar-refractivity contribution < 1.29 is 18.0 Å². The Hall–Kier alpha value is -3.09. The first-order chi connectivity index (χ1) is 13.9. The number of aryl methyl sites for hydroxylation is 1. The summed E-state index contributed by atoms with van der Waals surface area (Å²) in [5, 5.41) is 0. The van der Waals surface area contributed by atoms with E-state index in [9.17, 15) is 18.0 Å². The predicted octanol–water partition coefficient (Wildman–Crippen LogP) is 5.65. The van der Waals surface area contributed by atoms with E-state index in [1.54, 1.807) is 18.6 Å². The van der Waals surface area contributed by atoms with E-state index < -0.39 is 23.1 Å². The van der Waals surface area contributed by atoms with Crippen LogP contribution in [0.5, 0.6) is 0 Å². The number of rotatable bonds is 4. The van der Waals surface area contributed by atoms with Crippen LogP contribution in [-0.4, -0.2) is 15.5 Å². The second-order valence-electron chi connectivity index (χ2n) is 8.20. The summed E-state index contributed by atoms with van der Waals surface area (Å²) in [6.45, 7) is 8.63. The van der Waals surface area contributed by atoms with Crippen molar-refractivity contribution in [2.75, 3.05) is 0 Å². The normalized spacial score (nSPS) is 12.2. The molecule has 3 rings (SSSR count). The number of carbonyl (C=O) groups excluding carboxylic acids is 1. The smallest absolute Gasteiger partial charge is 0.366 e. The van der Waals surface area contributed by atoms with Gasteiger partial charge < -0.3 is 10.3 Å². The van der Waals surface area contributed by atoms with Gasteiger partial charge in [-0.25, -0.2) is 4.98 Å². The summed E-state index contributed by atoms with van der Waals surface area (Å²) >= 11 is 0. The number of hydrogen-bond donors (Lipinski definition) is 1. The minimum Gasteiger partial charge on any atom is -0.366 e. The minimum atomic E-state index is -4.41. The Morgan fingerprint density at radius 2 is 1.70 bits per heavy atom. The summed E-state index contributed by atoms with van der Waals surface area (Å²) in [5.41, 5.74) is 8.50. The number of primary amides is 1. The van der Waals surface area contributed by atoms with Crippen LogP contribution in [0.25, 0.3) is 22.4 Å². The Kier molecular flexibility index (Phi) is 5.50. The molecule has 158 valence electrons. The minimum absolute atomic E-state index is 0.346. The number of imidazole rings is 1. The van der Waals surface area contributed by atoms with Crippen molar-refractivity contribution in [3.05, 3.63) is 65.6 Å². The van der Waals surface area contributed by atoms with Gasteiger partial charge in [-0.2, -0.15) is 13.2 Å². The maximum atomic E-state index is 12.9. The SMILES string of the molecule is CCn1cncc1-c1cc(-c2ccc(C(F)(F)F)cc2)cc(C(N)=O)c1C(C)(C)C. The van der Waals surface area contributed by atoms with Crippen LogP contribution in [0.2, 0.25) is 0 Å². The fraction of sp³-hybridized carbons (Fsp3) is 0.304. The number of aromatic nitrogens is 2. The van der Waals surface area contributed by atoms with Crippen LogP contribution in [-0.2, 0) is 18.1 Å². The average molecular weight is 415 g/mol.